The second kappa shape index (κ2) is 10.5. The molecule has 0 fully saturated rings. The number of nitrogens with zero attached hydrogens (tertiary/aromatic N) is 3. The highest BCUT2D eigenvalue weighted by Crippen LogP contribution is 2.54. The van der Waals surface area contributed by atoms with Crippen molar-refractivity contribution in [1.29, 1.82) is 0 Å². The van der Waals surface area contributed by atoms with Gasteiger partial charge in [-0.1, -0.05) is 146 Å². The van der Waals surface area contributed by atoms with Gasteiger partial charge in [0.05, 0.1) is 0 Å². The number of hydrogen-bond donors (Lipinski definition) is 0. The summed E-state index contributed by atoms with van der Waals surface area (Å²) in [5, 5.41) is 1.33. The molecule has 8 aromatic rings. The van der Waals surface area contributed by atoms with E-state index in [-0.39, 0.29) is 0 Å². The van der Waals surface area contributed by atoms with Gasteiger partial charge >= 0.3 is 0 Å². The summed E-state index contributed by atoms with van der Waals surface area (Å²) in [5.74, 6) is 1.99. The van der Waals surface area contributed by atoms with Gasteiger partial charge in [0, 0.05) is 37.2 Å². The Balaban J connectivity index is 1.21. The first-order valence-electron chi connectivity index (χ1n) is 15.0. The number of aromatic nitrogens is 3. The van der Waals surface area contributed by atoms with Gasteiger partial charge in [0.15, 0.2) is 17.5 Å². The summed E-state index contributed by atoms with van der Waals surface area (Å²) in [6.45, 7) is 0. The maximum atomic E-state index is 4.94. The fourth-order valence-electron chi connectivity index (χ4n) is 6.43. The molecule has 0 spiro atoms. The minimum Gasteiger partial charge on any atom is -0.208 e. The molecule has 2 aromatic heterocycles. The van der Waals surface area contributed by atoms with Crippen LogP contribution in [0.4, 0.5) is 0 Å². The molecule has 0 amide bonds. The van der Waals surface area contributed by atoms with E-state index >= 15 is 0 Å². The zero-order valence-corrected chi connectivity index (χ0v) is 25.0. The van der Waals surface area contributed by atoms with E-state index in [4.69, 9.17) is 15.0 Å². The van der Waals surface area contributed by atoms with Crippen molar-refractivity contribution in [1.82, 2.24) is 15.0 Å². The Kier molecular flexibility index (Phi) is 6.00. The van der Waals surface area contributed by atoms with Crippen LogP contribution in [0, 0.1) is 0 Å². The van der Waals surface area contributed by atoms with Crippen molar-refractivity contribution in [2.24, 2.45) is 0 Å². The van der Waals surface area contributed by atoms with Crippen LogP contribution in [0.5, 0.6) is 0 Å². The molecule has 1 aliphatic rings. The monoisotopic (exact) mass is 591 g/mol. The SMILES string of the molecule is c1ccc(-c2nc(-c3ccccc3)nc(-c3ccc(-c4sc5cccc6c5c4-c4ccccc4-c4ccccc4-6)cc3)n2)cc1. The lowest BCUT2D eigenvalue weighted by Gasteiger charge is -2.12. The smallest absolute Gasteiger partial charge is 0.164 e. The van der Waals surface area contributed by atoms with E-state index in [1.165, 1.54) is 53.9 Å². The van der Waals surface area contributed by atoms with Crippen LogP contribution in [0.3, 0.4) is 0 Å². The van der Waals surface area contributed by atoms with E-state index in [9.17, 15) is 0 Å². The molecule has 0 N–H and O–H groups in total. The van der Waals surface area contributed by atoms with Gasteiger partial charge < -0.3 is 0 Å². The Labute approximate surface area is 265 Å². The minimum atomic E-state index is 0.659. The zero-order valence-electron chi connectivity index (χ0n) is 24.2. The lowest BCUT2D eigenvalue weighted by Crippen LogP contribution is -2.00. The van der Waals surface area contributed by atoms with E-state index in [2.05, 4.69) is 91.0 Å². The summed E-state index contributed by atoms with van der Waals surface area (Å²) in [6, 6.07) is 53.2. The third kappa shape index (κ3) is 4.30. The number of rotatable bonds is 4. The molecule has 0 saturated heterocycles. The molecule has 0 aliphatic heterocycles. The molecule has 1 aliphatic carbocycles. The van der Waals surface area contributed by atoms with Crippen molar-refractivity contribution < 1.29 is 0 Å². The van der Waals surface area contributed by atoms with Crippen molar-refractivity contribution in [3.05, 3.63) is 152 Å². The van der Waals surface area contributed by atoms with Crippen LogP contribution < -0.4 is 0 Å². The number of hydrogen-bond acceptors (Lipinski definition) is 4. The topological polar surface area (TPSA) is 38.7 Å². The van der Waals surface area contributed by atoms with Gasteiger partial charge in [0.2, 0.25) is 0 Å². The van der Waals surface area contributed by atoms with E-state index in [1.807, 2.05) is 72.0 Å². The molecule has 9 rings (SSSR count). The fourth-order valence-corrected chi connectivity index (χ4v) is 7.68. The first kappa shape index (κ1) is 25.8. The van der Waals surface area contributed by atoms with E-state index in [1.54, 1.807) is 0 Å². The summed E-state index contributed by atoms with van der Waals surface area (Å²) in [7, 11) is 0. The average Bonchev–Trinajstić information content (AvgIpc) is 3.46. The van der Waals surface area contributed by atoms with E-state index < -0.39 is 0 Å². The summed E-state index contributed by atoms with van der Waals surface area (Å²) in [4.78, 5) is 16.0. The summed E-state index contributed by atoms with van der Waals surface area (Å²) < 4.78 is 1.30. The normalized spacial score (nSPS) is 11.6. The van der Waals surface area contributed by atoms with Crippen LogP contribution in [-0.4, -0.2) is 15.0 Å². The fraction of sp³-hybridized carbons (Fsp3) is 0. The summed E-state index contributed by atoms with van der Waals surface area (Å²) >= 11 is 1.86. The molecule has 3 nitrogen and oxygen atoms in total. The Morgan fingerprint density at radius 2 is 0.756 bits per heavy atom. The van der Waals surface area contributed by atoms with Crippen molar-refractivity contribution in [3.63, 3.8) is 0 Å². The highest BCUT2D eigenvalue weighted by atomic mass is 32.1. The average molecular weight is 592 g/mol. The minimum absolute atomic E-state index is 0.659. The third-order valence-corrected chi connectivity index (χ3v) is 9.73. The Morgan fingerprint density at radius 3 is 1.33 bits per heavy atom. The van der Waals surface area contributed by atoms with Gasteiger partial charge in [0.1, 0.15) is 0 Å². The molecule has 0 bridgehead atoms. The maximum Gasteiger partial charge on any atom is 0.164 e. The summed E-state index contributed by atoms with van der Waals surface area (Å²) in [5.41, 5.74) is 11.8. The molecule has 6 aromatic carbocycles. The Morgan fingerprint density at radius 1 is 0.333 bits per heavy atom. The van der Waals surface area contributed by atoms with Crippen LogP contribution in [0.15, 0.2) is 152 Å². The van der Waals surface area contributed by atoms with Gasteiger partial charge in [-0.2, -0.15) is 0 Å². The third-order valence-electron chi connectivity index (χ3n) is 8.52. The Bertz CT molecular complexity index is 2300. The molecular formula is C41H25N3S. The van der Waals surface area contributed by atoms with Crippen molar-refractivity contribution in [3.8, 4) is 78.0 Å². The maximum absolute atomic E-state index is 4.94. The first-order chi connectivity index (χ1) is 22.3. The molecule has 45 heavy (non-hydrogen) atoms. The van der Waals surface area contributed by atoms with Crippen molar-refractivity contribution in [2.75, 3.05) is 0 Å². The molecule has 2 heterocycles. The van der Waals surface area contributed by atoms with E-state index in [0.717, 1.165) is 16.7 Å². The highest BCUT2D eigenvalue weighted by Gasteiger charge is 2.25. The molecule has 0 radical (unpaired) electrons. The second-order valence-electron chi connectivity index (χ2n) is 11.2. The summed E-state index contributed by atoms with van der Waals surface area (Å²) in [6.07, 6.45) is 0. The standard InChI is InChI=1S/C41H25N3S/c1-3-12-27(13-4-1)39-42-40(28-14-5-2-6-15-28)44-41(43-39)29-24-22-26(23-25-29)38-37-34-19-10-9-18-32(34)30-16-7-8-17-31(30)33-20-11-21-35(45-38)36(33)37/h1-25H. The van der Waals surface area contributed by atoms with Crippen LogP contribution in [0.25, 0.3) is 88.1 Å². The zero-order chi connectivity index (χ0) is 29.7. The molecule has 210 valence electrons. The van der Waals surface area contributed by atoms with Crippen LogP contribution in [0.1, 0.15) is 0 Å². The predicted octanol–water partition coefficient (Wildman–Crippen LogP) is 11.1. The van der Waals surface area contributed by atoms with E-state index in [0.29, 0.717) is 17.5 Å². The lowest BCUT2D eigenvalue weighted by molar-refractivity contribution is 1.07. The van der Waals surface area contributed by atoms with Crippen molar-refractivity contribution >= 4 is 21.4 Å². The largest absolute Gasteiger partial charge is 0.208 e. The molecule has 0 saturated carbocycles. The molecule has 0 unspecified atom stereocenters. The van der Waals surface area contributed by atoms with Crippen molar-refractivity contribution in [2.45, 2.75) is 0 Å². The van der Waals surface area contributed by atoms with Crippen LogP contribution in [0.2, 0.25) is 0 Å². The van der Waals surface area contributed by atoms with Crippen LogP contribution >= 0.6 is 11.3 Å². The lowest BCUT2D eigenvalue weighted by atomic mass is 9.93. The van der Waals surface area contributed by atoms with Gasteiger partial charge in [-0.3, -0.25) is 0 Å². The number of benzene rings is 6. The van der Waals surface area contributed by atoms with Gasteiger partial charge in [0.25, 0.3) is 0 Å². The highest BCUT2D eigenvalue weighted by molar-refractivity contribution is 7.23. The van der Waals surface area contributed by atoms with Gasteiger partial charge in [-0.25, -0.2) is 15.0 Å². The molecular weight excluding hydrogens is 567 g/mol. The predicted molar refractivity (Wildman–Crippen MR) is 187 cm³/mol. The van der Waals surface area contributed by atoms with Gasteiger partial charge in [-0.15, -0.1) is 11.3 Å². The van der Waals surface area contributed by atoms with Gasteiger partial charge in [-0.05, 0) is 39.4 Å². The van der Waals surface area contributed by atoms with Crippen LogP contribution in [-0.2, 0) is 0 Å². The second-order valence-corrected chi connectivity index (χ2v) is 12.2. The number of fused-ring (bicyclic) bond motifs is 5. The Hall–Kier alpha value is -5.71. The quantitative estimate of drug-likeness (QED) is 0.204. The molecule has 0 atom stereocenters. The molecule has 4 heteroatoms. The first-order valence-corrected chi connectivity index (χ1v) is 15.9. The number of thiophene rings is 1.